The predicted octanol–water partition coefficient (Wildman–Crippen LogP) is 1.49. The van der Waals surface area contributed by atoms with Crippen LogP contribution in [0.25, 0.3) is 0 Å². The van der Waals surface area contributed by atoms with E-state index in [1.54, 1.807) is 14.0 Å². The highest BCUT2D eigenvalue weighted by molar-refractivity contribution is 8.01. The molecule has 10 heteroatoms. The predicted molar refractivity (Wildman–Crippen MR) is 75.1 cm³/mol. The highest BCUT2D eigenvalue weighted by atomic mass is 32.2. The fraction of sp³-hybridized carbons (Fsp3) is 0.444. The van der Waals surface area contributed by atoms with E-state index in [9.17, 15) is 8.42 Å². The van der Waals surface area contributed by atoms with Crippen LogP contribution in [0.15, 0.2) is 15.4 Å². The Bertz CT molecular complexity index is 676. The number of hydrogen-bond acceptors (Lipinski definition) is 7. The van der Waals surface area contributed by atoms with Crippen molar-refractivity contribution >= 4 is 38.3 Å². The maximum atomic E-state index is 12.2. The number of anilines is 1. The topological polar surface area (TPSA) is 89.8 Å². The number of thioether (sulfide) groups is 1. The molecule has 0 saturated heterocycles. The minimum atomic E-state index is -3.66. The lowest BCUT2D eigenvalue weighted by Gasteiger charge is -2.02. The van der Waals surface area contributed by atoms with Crippen LogP contribution >= 0.6 is 23.1 Å². The van der Waals surface area contributed by atoms with E-state index in [0.717, 1.165) is 10.1 Å². The number of sulfonamides is 1. The number of nitrogens with one attached hydrogen (secondary N) is 1. The van der Waals surface area contributed by atoms with Crippen LogP contribution in [0.3, 0.4) is 0 Å². The number of aryl methyl sites for hydroxylation is 2. The molecule has 0 aromatic carbocycles. The molecule has 0 atom stereocenters. The summed E-state index contributed by atoms with van der Waals surface area (Å²) in [6.45, 7) is 3.64. The van der Waals surface area contributed by atoms with E-state index in [2.05, 4.69) is 20.0 Å². The second-order valence-corrected chi connectivity index (χ2v) is 7.80. The molecule has 0 unspecified atom stereocenters. The molecule has 0 fully saturated rings. The Morgan fingerprint density at radius 2 is 2.21 bits per heavy atom. The summed E-state index contributed by atoms with van der Waals surface area (Å²) in [7, 11) is -1.99. The smallest absolute Gasteiger partial charge is 0.267 e. The zero-order valence-corrected chi connectivity index (χ0v) is 13.1. The van der Waals surface area contributed by atoms with Crippen molar-refractivity contribution in [1.82, 2.24) is 20.0 Å². The largest absolute Gasteiger partial charge is 0.274 e. The van der Waals surface area contributed by atoms with Crippen LogP contribution in [-0.2, 0) is 17.1 Å². The van der Waals surface area contributed by atoms with Gasteiger partial charge in [0.1, 0.15) is 4.90 Å². The lowest BCUT2D eigenvalue weighted by atomic mass is 10.5. The zero-order chi connectivity index (χ0) is 14.0. The molecule has 104 valence electrons. The minimum absolute atomic E-state index is 0.148. The standard InChI is InChI=1S/C9H13N5O2S3/c1-4-17-9-11-10-8(18-9)13-19(15,16)7-5-14(3)12-6(7)2/h5H,4H2,1-3H3,(H,10,13). The first-order chi connectivity index (χ1) is 8.92. The summed E-state index contributed by atoms with van der Waals surface area (Å²) in [6, 6.07) is 0. The molecule has 0 radical (unpaired) electrons. The van der Waals surface area contributed by atoms with Crippen molar-refractivity contribution in [3.63, 3.8) is 0 Å². The number of rotatable bonds is 5. The molecule has 0 bridgehead atoms. The molecule has 0 spiro atoms. The maximum absolute atomic E-state index is 12.2. The number of aromatic nitrogens is 4. The summed E-state index contributed by atoms with van der Waals surface area (Å²) in [5, 5.41) is 12.0. The molecular formula is C9H13N5O2S3. The molecule has 0 aliphatic heterocycles. The molecule has 2 aromatic heterocycles. The maximum Gasteiger partial charge on any atom is 0.267 e. The molecule has 0 aliphatic rings. The molecular weight excluding hydrogens is 306 g/mol. The number of hydrogen-bond donors (Lipinski definition) is 1. The Morgan fingerprint density at radius 1 is 1.47 bits per heavy atom. The van der Waals surface area contributed by atoms with Crippen LogP contribution in [0.2, 0.25) is 0 Å². The second-order valence-electron chi connectivity index (χ2n) is 3.66. The molecule has 19 heavy (non-hydrogen) atoms. The van der Waals surface area contributed by atoms with E-state index in [1.807, 2.05) is 6.92 Å². The second kappa shape index (κ2) is 5.47. The van der Waals surface area contributed by atoms with E-state index < -0.39 is 10.0 Å². The molecule has 2 heterocycles. The Kier molecular flexibility index (Phi) is 4.11. The van der Waals surface area contributed by atoms with Crippen LogP contribution in [0.4, 0.5) is 5.13 Å². The van der Waals surface area contributed by atoms with Crippen molar-refractivity contribution in [3.8, 4) is 0 Å². The molecule has 0 saturated carbocycles. The monoisotopic (exact) mass is 319 g/mol. The average molecular weight is 319 g/mol. The average Bonchev–Trinajstić information content (AvgIpc) is 2.86. The highest BCUT2D eigenvalue weighted by Crippen LogP contribution is 2.27. The van der Waals surface area contributed by atoms with E-state index in [1.165, 1.54) is 34.0 Å². The number of nitrogens with zero attached hydrogens (tertiary/aromatic N) is 4. The van der Waals surface area contributed by atoms with Gasteiger partial charge in [0.15, 0.2) is 4.34 Å². The van der Waals surface area contributed by atoms with Crippen LogP contribution in [0, 0.1) is 6.92 Å². The molecule has 2 aromatic rings. The molecule has 1 N–H and O–H groups in total. The van der Waals surface area contributed by atoms with Gasteiger partial charge < -0.3 is 0 Å². The van der Waals surface area contributed by atoms with Crippen LogP contribution in [0.1, 0.15) is 12.6 Å². The quantitative estimate of drug-likeness (QED) is 0.840. The van der Waals surface area contributed by atoms with Gasteiger partial charge in [-0.15, -0.1) is 10.2 Å². The summed E-state index contributed by atoms with van der Waals surface area (Å²) >= 11 is 2.73. The SMILES string of the molecule is CCSc1nnc(NS(=O)(=O)c2cn(C)nc2C)s1. The van der Waals surface area contributed by atoms with Gasteiger partial charge in [-0.05, 0) is 12.7 Å². The van der Waals surface area contributed by atoms with Crippen molar-refractivity contribution in [2.75, 3.05) is 10.5 Å². The molecule has 2 rings (SSSR count). The normalized spacial score (nSPS) is 11.7. The lowest BCUT2D eigenvalue weighted by molar-refractivity contribution is 0.600. The van der Waals surface area contributed by atoms with E-state index in [0.29, 0.717) is 5.69 Å². The van der Waals surface area contributed by atoms with Crippen molar-refractivity contribution in [3.05, 3.63) is 11.9 Å². The molecule has 0 aliphatic carbocycles. The van der Waals surface area contributed by atoms with Gasteiger partial charge >= 0.3 is 0 Å². The van der Waals surface area contributed by atoms with Crippen LogP contribution < -0.4 is 4.72 Å². The summed E-state index contributed by atoms with van der Waals surface area (Å²) in [4.78, 5) is 0.148. The first-order valence-electron chi connectivity index (χ1n) is 5.41. The third kappa shape index (κ3) is 3.25. The van der Waals surface area contributed by atoms with Gasteiger partial charge in [0.25, 0.3) is 10.0 Å². The zero-order valence-electron chi connectivity index (χ0n) is 10.6. The van der Waals surface area contributed by atoms with Crippen LogP contribution in [0.5, 0.6) is 0 Å². The van der Waals surface area contributed by atoms with E-state index in [-0.39, 0.29) is 10.0 Å². The summed E-state index contributed by atoms with van der Waals surface area (Å²) in [5.74, 6) is 0.864. The first-order valence-corrected chi connectivity index (χ1v) is 8.70. The van der Waals surface area contributed by atoms with Crippen LogP contribution in [-0.4, -0.2) is 34.1 Å². The van der Waals surface area contributed by atoms with Gasteiger partial charge in [-0.25, -0.2) is 8.42 Å². The Hall–Kier alpha value is -1.13. The van der Waals surface area contributed by atoms with E-state index in [4.69, 9.17) is 0 Å². The first kappa shape index (κ1) is 14.3. The van der Waals surface area contributed by atoms with Gasteiger partial charge in [0.05, 0.1) is 5.69 Å². The highest BCUT2D eigenvalue weighted by Gasteiger charge is 2.21. The summed E-state index contributed by atoms with van der Waals surface area (Å²) in [6.07, 6.45) is 1.46. The van der Waals surface area contributed by atoms with Gasteiger partial charge in [0.2, 0.25) is 5.13 Å². The Labute approximate surface area is 119 Å². The lowest BCUT2D eigenvalue weighted by Crippen LogP contribution is -2.13. The third-order valence-corrected chi connectivity index (χ3v) is 5.58. The van der Waals surface area contributed by atoms with Crippen molar-refractivity contribution in [2.45, 2.75) is 23.1 Å². The Balaban J connectivity index is 2.23. The van der Waals surface area contributed by atoms with E-state index >= 15 is 0 Å². The van der Waals surface area contributed by atoms with Gasteiger partial charge in [-0.1, -0.05) is 30.0 Å². The third-order valence-electron chi connectivity index (χ3n) is 2.15. The van der Waals surface area contributed by atoms with Gasteiger partial charge in [0, 0.05) is 13.2 Å². The van der Waals surface area contributed by atoms with Gasteiger partial charge in [-0.3, -0.25) is 9.40 Å². The van der Waals surface area contributed by atoms with Crippen molar-refractivity contribution < 1.29 is 8.42 Å². The fourth-order valence-corrected chi connectivity index (χ4v) is 4.54. The molecule has 7 nitrogen and oxygen atoms in total. The summed E-state index contributed by atoms with van der Waals surface area (Å²) < 4.78 is 29.0. The Morgan fingerprint density at radius 3 is 2.79 bits per heavy atom. The van der Waals surface area contributed by atoms with Crippen molar-refractivity contribution in [1.29, 1.82) is 0 Å². The van der Waals surface area contributed by atoms with Crippen molar-refractivity contribution in [2.24, 2.45) is 7.05 Å². The minimum Gasteiger partial charge on any atom is -0.274 e. The molecule has 0 amide bonds. The summed E-state index contributed by atoms with van der Waals surface area (Å²) in [5.41, 5.74) is 0.447. The fourth-order valence-electron chi connectivity index (χ4n) is 1.44. The van der Waals surface area contributed by atoms with Gasteiger partial charge in [-0.2, -0.15) is 5.10 Å².